The maximum absolute atomic E-state index is 14.1. The lowest BCUT2D eigenvalue weighted by atomic mass is 9.48. The van der Waals surface area contributed by atoms with E-state index in [2.05, 4.69) is 33.0 Å². The summed E-state index contributed by atoms with van der Waals surface area (Å²) in [6.45, 7) is 12.3. The highest BCUT2D eigenvalue weighted by Crippen LogP contribution is 2.59. The zero-order chi connectivity index (χ0) is 34.4. The number of rotatable bonds is 8. The molecule has 0 spiro atoms. The summed E-state index contributed by atoms with van der Waals surface area (Å²) < 4.78 is 6.41. The molecule has 3 aromatic rings. The number of nitrogens with two attached hydrogens (primary N) is 1. The molecule has 6 rings (SSSR count). The highest BCUT2D eigenvalue weighted by molar-refractivity contribution is 6.31. The number of ether oxygens (including phenoxy) is 1. The normalized spacial score (nSPS) is 23.7. The Bertz CT molecular complexity index is 1740. The third-order valence-corrected chi connectivity index (χ3v) is 10.6. The lowest BCUT2D eigenvalue weighted by Gasteiger charge is -2.65. The zero-order valence-electron chi connectivity index (χ0n) is 27.8. The first-order valence-electron chi connectivity index (χ1n) is 16.4. The van der Waals surface area contributed by atoms with Gasteiger partial charge in [0.15, 0.2) is 0 Å². The Hall–Kier alpha value is -4.46. The summed E-state index contributed by atoms with van der Waals surface area (Å²) in [5.41, 5.74) is 7.16. The predicted octanol–water partition coefficient (Wildman–Crippen LogP) is 5.14. The van der Waals surface area contributed by atoms with Gasteiger partial charge in [-0.3, -0.25) is 24.2 Å². The van der Waals surface area contributed by atoms with Crippen molar-refractivity contribution in [2.75, 3.05) is 31.1 Å². The largest absolute Gasteiger partial charge is 0.489 e. The molecule has 3 amide bonds. The van der Waals surface area contributed by atoms with Crippen LogP contribution in [0.15, 0.2) is 60.8 Å². The van der Waals surface area contributed by atoms with Gasteiger partial charge in [-0.1, -0.05) is 63.6 Å². The standard InChI is InChI=1S/C37H41ClN6O4/c1-36(2)34(37(3,4)35(36)48-27-11-9-25(20-39)29(38)19-27)44-31(45)14-12-28(33(44)47)24-7-5-23(6-8-24)22-42-15-17-43(18-16-42)30-13-10-26(21-41-30)32(40)46/h5-11,13,19,21,28,34-35H,12,14-18,22H2,1-4H3,(H2,40,46). The number of piperazine rings is 1. The summed E-state index contributed by atoms with van der Waals surface area (Å²) in [7, 11) is 0. The smallest absolute Gasteiger partial charge is 0.250 e. The van der Waals surface area contributed by atoms with Gasteiger partial charge in [0.1, 0.15) is 23.7 Å². The summed E-state index contributed by atoms with van der Waals surface area (Å²) >= 11 is 6.26. The van der Waals surface area contributed by atoms with Crippen molar-refractivity contribution in [2.45, 2.75) is 65.1 Å². The van der Waals surface area contributed by atoms with Gasteiger partial charge in [0.25, 0.3) is 0 Å². The van der Waals surface area contributed by atoms with E-state index < -0.39 is 22.7 Å². The minimum Gasteiger partial charge on any atom is -0.489 e. The van der Waals surface area contributed by atoms with E-state index >= 15 is 0 Å². The number of hydrogen-bond acceptors (Lipinski definition) is 8. The number of benzene rings is 2. The van der Waals surface area contributed by atoms with E-state index in [1.165, 1.54) is 11.1 Å². The molecule has 48 heavy (non-hydrogen) atoms. The molecule has 250 valence electrons. The summed E-state index contributed by atoms with van der Waals surface area (Å²) in [4.78, 5) is 49.4. The first-order valence-corrected chi connectivity index (χ1v) is 16.7. The van der Waals surface area contributed by atoms with Gasteiger partial charge >= 0.3 is 0 Å². The van der Waals surface area contributed by atoms with Crippen LogP contribution in [0.3, 0.4) is 0 Å². The number of hydrogen-bond donors (Lipinski definition) is 1. The number of piperidine rings is 1. The van der Waals surface area contributed by atoms with E-state index in [0.29, 0.717) is 34.7 Å². The van der Waals surface area contributed by atoms with Gasteiger partial charge in [-0.2, -0.15) is 5.26 Å². The second kappa shape index (κ2) is 12.9. The van der Waals surface area contributed by atoms with E-state index in [1.807, 2.05) is 45.9 Å². The molecule has 3 heterocycles. The van der Waals surface area contributed by atoms with Crippen LogP contribution in [0.4, 0.5) is 5.82 Å². The number of anilines is 1. The van der Waals surface area contributed by atoms with Gasteiger partial charge in [-0.05, 0) is 41.8 Å². The van der Waals surface area contributed by atoms with Gasteiger partial charge in [-0.25, -0.2) is 4.98 Å². The van der Waals surface area contributed by atoms with Crippen LogP contribution in [-0.4, -0.2) is 70.8 Å². The Kier molecular flexibility index (Phi) is 8.96. The number of amides is 3. The lowest BCUT2D eigenvalue weighted by Crippen LogP contribution is -2.76. The maximum atomic E-state index is 14.1. The van der Waals surface area contributed by atoms with Crippen LogP contribution in [-0.2, 0) is 16.1 Å². The molecular formula is C37H41ClN6O4. The Morgan fingerprint density at radius 1 is 1.02 bits per heavy atom. The second-order valence-corrected chi connectivity index (χ2v) is 14.7. The summed E-state index contributed by atoms with van der Waals surface area (Å²) in [6.07, 6.45) is 2.02. The number of likely N-dealkylation sites (tertiary alicyclic amines) is 1. The number of aromatic nitrogens is 1. The number of halogens is 1. The fourth-order valence-electron chi connectivity index (χ4n) is 8.22. The number of nitrogens with zero attached hydrogens (tertiary/aromatic N) is 5. The lowest BCUT2D eigenvalue weighted by molar-refractivity contribution is -0.215. The van der Waals surface area contributed by atoms with Crippen molar-refractivity contribution in [2.24, 2.45) is 16.6 Å². The number of primary amides is 1. The second-order valence-electron chi connectivity index (χ2n) is 14.3. The van der Waals surface area contributed by atoms with Gasteiger partial charge in [0.05, 0.1) is 28.1 Å². The number of carbonyl (C=O) groups excluding carboxylic acids is 3. The number of nitriles is 1. The average molecular weight is 669 g/mol. The summed E-state index contributed by atoms with van der Waals surface area (Å²) in [5, 5.41) is 9.55. The zero-order valence-corrected chi connectivity index (χ0v) is 28.5. The van der Waals surface area contributed by atoms with Crippen LogP contribution in [0.1, 0.15) is 73.5 Å². The molecule has 1 aromatic heterocycles. The van der Waals surface area contributed by atoms with Gasteiger partial charge in [0.2, 0.25) is 17.7 Å². The molecule has 2 aliphatic heterocycles. The minimum atomic E-state index is -0.520. The summed E-state index contributed by atoms with van der Waals surface area (Å²) in [6, 6.07) is 18.5. The van der Waals surface area contributed by atoms with Gasteiger partial charge in [0, 0.05) is 62.2 Å². The molecule has 3 fully saturated rings. The average Bonchev–Trinajstić information content (AvgIpc) is 3.06. The predicted molar refractivity (Wildman–Crippen MR) is 182 cm³/mol. The van der Waals surface area contributed by atoms with Crippen molar-refractivity contribution >= 4 is 35.1 Å². The molecule has 2 aromatic carbocycles. The topological polar surface area (TPSA) is 133 Å². The Balaban J connectivity index is 1.09. The van der Waals surface area contributed by atoms with Crippen molar-refractivity contribution in [3.05, 3.63) is 88.1 Å². The molecule has 10 nitrogen and oxygen atoms in total. The van der Waals surface area contributed by atoms with E-state index in [0.717, 1.165) is 49.7 Å². The molecule has 2 N–H and O–H groups in total. The summed E-state index contributed by atoms with van der Waals surface area (Å²) in [5.74, 6) is 0.213. The van der Waals surface area contributed by atoms with Gasteiger partial charge in [-0.15, -0.1) is 0 Å². The van der Waals surface area contributed by atoms with Crippen LogP contribution < -0.4 is 15.4 Å². The first-order chi connectivity index (χ1) is 22.8. The van der Waals surface area contributed by atoms with E-state index in [1.54, 1.807) is 24.3 Å². The van der Waals surface area contributed by atoms with Crippen LogP contribution in [0.5, 0.6) is 5.75 Å². The molecular weight excluding hydrogens is 628 g/mol. The Morgan fingerprint density at radius 2 is 1.71 bits per heavy atom. The number of imide groups is 1. The van der Waals surface area contributed by atoms with Crippen molar-refractivity contribution in [1.29, 1.82) is 5.26 Å². The van der Waals surface area contributed by atoms with Crippen molar-refractivity contribution in [3.8, 4) is 11.8 Å². The van der Waals surface area contributed by atoms with Crippen LogP contribution in [0, 0.1) is 22.2 Å². The van der Waals surface area contributed by atoms with Crippen molar-refractivity contribution in [3.63, 3.8) is 0 Å². The molecule has 2 saturated heterocycles. The number of carbonyl (C=O) groups is 3. The van der Waals surface area contributed by atoms with Gasteiger partial charge < -0.3 is 15.4 Å². The highest BCUT2D eigenvalue weighted by Gasteiger charge is 2.68. The van der Waals surface area contributed by atoms with Crippen LogP contribution in [0.2, 0.25) is 5.02 Å². The molecule has 1 saturated carbocycles. The molecule has 0 radical (unpaired) electrons. The van der Waals surface area contributed by atoms with E-state index in [9.17, 15) is 19.6 Å². The van der Waals surface area contributed by atoms with E-state index in [-0.39, 0.29) is 24.0 Å². The molecule has 0 bridgehead atoms. The third kappa shape index (κ3) is 6.13. The highest BCUT2D eigenvalue weighted by atomic mass is 35.5. The van der Waals surface area contributed by atoms with Crippen molar-refractivity contribution in [1.82, 2.24) is 14.8 Å². The molecule has 1 aliphatic carbocycles. The molecule has 1 unspecified atom stereocenters. The molecule has 1 atom stereocenters. The van der Waals surface area contributed by atoms with Crippen LogP contribution in [0.25, 0.3) is 0 Å². The SMILES string of the molecule is CC1(C)C(Oc2ccc(C#N)c(Cl)c2)C(C)(C)C1N1C(=O)CCC(c2ccc(CN3CCN(c4ccc(C(N)=O)cn4)CC3)cc2)C1=O. The fraction of sp³-hybridized carbons (Fsp3) is 0.432. The molecule has 3 aliphatic rings. The number of pyridine rings is 1. The Labute approximate surface area is 286 Å². The first kappa shape index (κ1) is 33.4. The van der Waals surface area contributed by atoms with Crippen molar-refractivity contribution < 1.29 is 19.1 Å². The minimum absolute atomic E-state index is 0.142. The quantitative estimate of drug-likeness (QED) is 0.326. The van der Waals surface area contributed by atoms with E-state index in [4.69, 9.17) is 22.1 Å². The van der Waals surface area contributed by atoms with Crippen LogP contribution >= 0.6 is 11.6 Å². The third-order valence-electron chi connectivity index (χ3n) is 10.3. The fourth-order valence-corrected chi connectivity index (χ4v) is 8.44. The Morgan fingerprint density at radius 3 is 2.29 bits per heavy atom. The monoisotopic (exact) mass is 668 g/mol. The molecule has 11 heteroatoms. The maximum Gasteiger partial charge on any atom is 0.250 e.